The number of rotatable bonds is 6. The molecule has 2 aliphatic heterocycles. The van der Waals surface area contributed by atoms with Crippen LogP contribution in [0.2, 0.25) is 5.02 Å². The molecule has 3 aromatic heterocycles. The largest absolute Gasteiger partial charge is 0.376 e. The van der Waals surface area contributed by atoms with Gasteiger partial charge in [0, 0.05) is 67.5 Å². The van der Waals surface area contributed by atoms with Crippen molar-refractivity contribution in [3.05, 3.63) is 71.1 Å². The van der Waals surface area contributed by atoms with Crippen molar-refractivity contribution in [3.8, 4) is 22.5 Å². The highest BCUT2D eigenvalue weighted by Crippen LogP contribution is 2.47. The topological polar surface area (TPSA) is 81.8 Å². The molecule has 4 aromatic rings. The molecular weight excluding hydrogens is 506 g/mol. The van der Waals surface area contributed by atoms with Crippen LogP contribution in [0.5, 0.6) is 0 Å². The fourth-order valence-electron chi connectivity index (χ4n) is 5.00. The summed E-state index contributed by atoms with van der Waals surface area (Å²) < 4.78 is 9.72. The van der Waals surface area contributed by atoms with Crippen molar-refractivity contribution >= 4 is 29.2 Å². The van der Waals surface area contributed by atoms with Crippen LogP contribution in [0.15, 0.2) is 55.0 Å². The van der Waals surface area contributed by atoms with Gasteiger partial charge in [0.05, 0.1) is 29.9 Å². The molecule has 8 nitrogen and oxygen atoms in total. The van der Waals surface area contributed by atoms with Crippen LogP contribution in [0.3, 0.4) is 0 Å². The van der Waals surface area contributed by atoms with Crippen molar-refractivity contribution < 1.29 is 4.74 Å². The molecule has 0 radical (unpaired) electrons. The lowest BCUT2D eigenvalue weighted by molar-refractivity contribution is 0.0205. The van der Waals surface area contributed by atoms with Crippen LogP contribution in [-0.2, 0) is 18.3 Å². The molecule has 2 unspecified atom stereocenters. The van der Waals surface area contributed by atoms with E-state index in [0.717, 1.165) is 89.4 Å². The van der Waals surface area contributed by atoms with Gasteiger partial charge in [-0.1, -0.05) is 29.8 Å². The number of halogens is 1. The molecule has 2 atom stereocenters. The molecule has 1 fully saturated rings. The first kappa shape index (κ1) is 24.5. The summed E-state index contributed by atoms with van der Waals surface area (Å²) >= 11 is 8.86. The number of pyridine rings is 1. The molecule has 10 heteroatoms. The molecule has 192 valence electrons. The highest BCUT2D eigenvalue weighted by molar-refractivity contribution is 7.99. The summed E-state index contributed by atoms with van der Waals surface area (Å²) in [6.07, 6.45) is 6.99. The second-order valence-electron chi connectivity index (χ2n) is 9.34. The molecule has 5 heterocycles. The van der Waals surface area contributed by atoms with Gasteiger partial charge in [-0.2, -0.15) is 10.2 Å². The Morgan fingerprint density at radius 3 is 2.95 bits per heavy atom. The number of hydrogen-bond acceptors (Lipinski definition) is 7. The van der Waals surface area contributed by atoms with E-state index >= 15 is 0 Å². The number of hydrogen-bond donors (Lipinski definition) is 2. The molecule has 0 aliphatic carbocycles. The summed E-state index contributed by atoms with van der Waals surface area (Å²) in [6, 6.07) is 12.3. The van der Waals surface area contributed by atoms with Crippen LogP contribution in [0.4, 0.5) is 5.82 Å². The third-order valence-corrected chi connectivity index (χ3v) is 8.46. The third-order valence-electron chi connectivity index (χ3n) is 6.87. The second-order valence-corrected chi connectivity index (χ2v) is 11.0. The van der Waals surface area contributed by atoms with Crippen molar-refractivity contribution in [2.45, 2.75) is 24.3 Å². The van der Waals surface area contributed by atoms with Gasteiger partial charge in [0.15, 0.2) is 0 Å². The fourth-order valence-corrected chi connectivity index (χ4v) is 6.59. The van der Waals surface area contributed by atoms with Gasteiger partial charge >= 0.3 is 0 Å². The molecular formula is C27H30ClN7OS. The molecule has 2 N–H and O–H groups in total. The Morgan fingerprint density at radius 2 is 2.14 bits per heavy atom. The first-order valence-corrected chi connectivity index (χ1v) is 14.1. The van der Waals surface area contributed by atoms with Gasteiger partial charge in [0.1, 0.15) is 11.5 Å². The first-order chi connectivity index (χ1) is 18.2. The number of aryl methyl sites for hydroxylation is 2. The zero-order valence-corrected chi connectivity index (χ0v) is 22.3. The summed E-state index contributed by atoms with van der Waals surface area (Å²) in [5.74, 6) is 1.99. The maximum atomic E-state index is 6.98. The molecule has 1 aromatic carbocycles. The van der Waals surface area contributed by atoms with Crippen LogP contribution in [0.25, 0.3) is 22.5 Å². The summed E-state index contributed by atoms with van der Waals surface area (Å²) in [5, 5.41) is 17.1. The fraction of sp³-hybridized carbons (Fsp3) is 0.370. The number of nitrogens with one attached hydrogen (secondary N) is 2. The minimum atomic E-state index is 0.0454. The Kier molecular flexibility index (Phi) is 7.19. The number of nitrogens with zero attached hydrogens (tertiary/aromatic N) is 5. The van der Waals surface area contributed by atoms with E-state index < -0.39 is 0 Å². The van der Waals surface area contributed by atoms with E-state index in [-0.39, 0.29) is 11.4 Å². The Hall–Kier alpha value is -2.85. The second kappa shape index (κ2) is 10.9. The van der Waals surface area contributed by atoms with Crippen LogP contribution >= 0.6 is 23.4 Å². The number of anilines is 1. The van der Waals surface area contributed by atoms with Crippen molar-refractivity contribution in [3.63, 3.8) is 0 Å². The summed E-state index contributed by atoms with van der Waals surface area (Å²) in [5.41, 5.74) is 6.09. The van der Waals surface area contributed by atoms with Gasteiger partial charge < -0.3 is 15.4 Å². The Morgan fingerprint density at radius 1 is 1.19 bits per heavy atom. The van der Waals surface area contributed by atoms with E-state index in [0.29, 0.717) is 0 Å². The molecule has 2 aliphatic rings. The van der Waals surface area contributed by atoms with Gasteiger partial charge in [-0.15, -0.1) is 11.8 Å². The Bertz CT molecular complexity index is 1370. The van der Waals surface area contributed by atoms with E-state index in [2.05, 4.69) is 45.1 Å². The minimum absolute atomic E-state index is 0.0454. The van der Waals surface area contributed by atoms with Crippen molar-refractivity contribution in [1.29, 1.82) is 0 Å². The lowest BCUT2D eigenvalue weighted by atomic mass is 9.99. The van der Waals surface area contributed by atoms with Gasteiger partial charge in [-0.05, 0) is 35.7 Å². The van der Waals surface area contributed by atoms with Gasteiger partial charge in [0.25, 0.3) is 0 Å². The third kappa shape index (κ3) is 5.13. The minimum Gasteiger partial charge on any atom is -0.376 e. The van der Waals surface area contributed by atoms with Crippen molar-refractivity contribution in [1.82, 2.24) is 29.9 Å². The summed E-state index contributed by atoms with van der Waals surface area (Å²) in [4.78, 5) is 4.59. The maximum absolute atomic E-state index is 6.98. The zero-order chi connectivity index (χ0) is 25.2. The van der Waals surface area contributed by atoms with Crippen molar-refractivity contribution in [2.24, 2.45) is 7.05 Å². The standard InChI is InChI=1S/C27H30ClN7OS/c1-34-27-24(25(33-34)23-4-2-3-8-30-23)26(37-13-10-31-27)21-6-5-18(14-22(21)28)19-15-32-35(17-19)11-7-20-16-29-9-12-36-20/h2-6,8,14-15,17,20,26,29,31H,7,9-13,16H2,1H3. The monoisotopic (exact) mass is 535 g/mol. The number of fused-ring (bicyclic) bond motifs is 1. The highest BCUT2D eigenvalue weighted by atomic mass is 35.5. The Labute approximate surface area is 225 Å². The SMILES string of the molecule is Cn1nc(-c2ccccn2)c2c1NCCSC2c1ccc(-c2cnn(CCC3CNCCO3)c2)cc1Cl. The van der Waals surface area contributed by atoms with E-state index in [1.54, 1.807) is 0 Å². The molecule has 37 heavy (non-hydrogen) atoms. The van der Waals surface area contributed by atoms with Gasteiger partial charge in [-0.25, -0.2) is 0 Å². The van der Waals surface area contributed by atoms with Crippen LogP contribution in [0.1, 0.15) is 22.8 Å². The van der Waals surface area contributed by atoms with Crippen molar-refractivity contribution in [2.75, 3.05) is 37.3 Å². The van der Waals surface area contributed by atoms with E-state index in [9.17, 15) is 0 Å². The average molecular weight is 536 g/mol. The summed E-state index contributed by atoms with van der Waals surface area (Å²) in [6.45, 7) is 4.30. The quantitative estimate of drug-likeness (QED) is 0.372. The zero-order valence-electron chi connectivity index (χ0n) is 20.7. The molecule has 0 bridgehead atoms. The van der Waals surface area contributed by atoms with Crippen LogP contribution in [-0.4, -0.2) is 62.6 Å². The first-order valence-electron chi connectivity index (χ1n) is 12.7. The molecule has 0 saturated carbocycles. The van der Waals surface area contributed by atoms with Crippen LogP contribution < -0.4 is 10.6 Å². The lowest BCUT2D eigenvalue weighted by Crippen LogP contribution is -2.38. The lowest BCUT2D eigenvalue weighted by Gasteiger charge is -2.23. The van der Waals surface area contributed by atoms with Gasteiger partial charge in [0.2, 0.25) is 0 Å². The highest BCUT2D eigenvalue weighted by Gasteiger charge is 2.30. The van der Waals surface area contributed by atoms with Crippen LogP contribution in [0, 0.1) is 0 Å². The number of benzene rings is 1. The normalized spacial score (nSPS) is 19.7. The summed E-state index contributed by atoms with van der Waals surface area (Å²) in [7, 11) is 1.98. The van der Waals surface area contributed by atoms with E-state index in [4.69, 9.17) is 21.4 Å². The molecule has 1 saturated heterocycles. The van der Waals surface area contributed by atoms with E-state index in [1.165, 1.54) is 0 Å². The maximum Gasteiger partial charge on any atom is 0.129 e. The number of ether oxygens (including phenoxy) is 1. The smallest absolute Gasteiger partial charge is 0.129 e. The number of thioether (sulfide) groups is 1. The number of morpholine rings is 1. The molecule has 0 amide bonds. The molecule has 0 spiro atoms. The predicted molar refractivity (Wildman–Crippen MR) is 149 cm³/mol. The molecule has 6 rings (SSSR count). The van der Waals surface area contributed by atoms with Gasteiger partial charge in [-0.3, -0.25) is 14.3 Å². The Balaban J connectivity index is 1.27. The predicted octanol–water partition coefficient (Wildman–Crippen LogP) is 4.63. The number of aromatic nitrogens is 5. The average Bonchev–Trinajstić information content (AvgIpc) is 3.47. The van der Waals surface area contributed by atoms with E-state index in [1.807, 2.05) is 58.8 Å².